The first-order valence-electron chi connectivity index (χ1n) is 10.5. The van der Waals surface area contributed by atoms with Gasteiger partial charge < -0.3 is 14.7 Å². The highest BCUT2D eigenvalue weighted by Gasteiger charge is 2.42. The number of fused-ring (bicyclic) bond motifs is 3. The van der Waals surface area contributed by atoms with Crippen LogP contribution in [-0.4, -0.2) is 41.8 Å². The van der Waals surface area contributed by atoms with E-state index in [0.29, 0.717) is 38.8 Å². The van der Waals surface area contributed by atoms with E-state index in [2.05, 4.69) is 30.8 Å². The summed E-state index contributed by atoms with van der Waals surface area (Å²) in [5.41, 5.74) is 3.98. The SMILES string of the molecule is C=CCCC1(C(=O)O)CCN(C(=O)OCC2c3ccccc3-c3ccccc32)CC1. The lowest BCUT2D eigenvalue weighted by Gasteiger charge is -2.38. The van der Waals surface area contributed by atoms with Crippen LogP contribution < -0.4 is 0 Å². The fraction of sp³-hybridized carbons (Fsp3) is 0.360. The number of rotatable bonds is 6. The van der Waals surface area contributed by atoms with Crippen LogP contribution in [-0.2, 0) is 9.53 Å². The van der Waals surface area contributed by atoms with Crippen LogP contribution in [0.1, 0.15) is 42.7 Å². The number of benzene rings is 2. The maximum atomic E-state index is 12.7. The van der Waals surface area contributed by atoms with Gasteiger partial charge in [0, 0.05) is 19.0 Å². The maximum absolute atomic E-state index is 12.7. The van der Waals surface area contributed by atoms with Crippen LogP contribution in [0.3, 0.4) is 0 Å². The summed E-state index contributed by atoms with van der Waals surface area (Å²) in [5.74, 6) is -0.756. The van der Waals surface area contributed by atoms with E-state index >= 15 is 0 Å². The number of amides is 1. The average Bonchev–Trinajstić information content (AvgIpc) is 3.10. The van der Waals surface area contributed by atoms with E-state index in [4.69, 9.17) is 4.74 Å². The third-order valence-corrected chi connectivity index (χ3v) is 6.60. The van der Waals surface area contributed by atoms with Crippen LogP contribution in [0.4, 0.5) is 4.79 Å². The molecule has 0 atom stereocenters. The molecule has 1 saturated heterocycles. The molecule has 156 valence electrons. The predicted octanol–water partition coefficient (Wildman–Crippen LogP) is 5.07. The van der Waals surface area contributed by atoms with Gasteiger partial charge in [0.15, 0.2) is 0 Å². The van der Waals surface area contributed by atoms with E-state index in [1.165, 1.54) is 22.3 Å². The molecule has 1 aliphatic heterocycles. The first-order valence-corrected chi connectivity index (χ1v) is 10.5. The zero-order valence-corrected chi connectivity index (χ0v) is 17.0. The molecule has 0 saturated carbocycles. The van der Waals surface area contributed by atoms with Gasteiger partial charge in [0.25, 0.3) is 0 Å². The van der Waals surface area contributed by atoms with Crippen molar-refractivity contribution in [1.29, 1.82) is 0 Å². The zero-order chi connectivity index (χ0) is 21.1. The lowest BCUT2D eigenvalue weighted by molar-refractivity contribution is -0.152. The van der Waals surface area contributed by atoms with E-state index < -0.39 is 11.4 Å². The summed E-state index contributed by atoms with van der Waals surface area (Å²) in [6.45, 7) is 4.78. The van der Waals surface area contributed by atoms with Gasteiger partial charge in [-0.25, -0.2) is 4.79 Å². The third-order valence-electron chi connectivity index (χ3n) is 6.60. The number of carboxylic acid groups (broad SMARTS) is 1. The Balaban J connectivity index is 1.40. The maximum Gasteiger partial charge on any atom is 0.409 e. The Morgan fingerprint density at radius 3 is 2.17 bits per heavy atom. The summed E-state index contributed by atoms with van der Waals surface area (Å²) in [5, 5.41) is 9.70. The molecule has 1 aliphatic carbocycles. The first kappa shape index (κ1) is 20.2. The Morgan fingerprint density at radius 2 is 1.63 bits per heavy atom. The van der Waals surface area contributed by atoms with Crippen LogP contribution in [0.2, 0.25) is 0 Å². The van der Waals surface area contributed by atoms with Crippen LogP contribution >= 0.6 is 0 Å². The topological polar surface area (TPSA) is 66.8 Å². The largest absolute Gasteiger partial charge is 0.481 e. The molecule has 30 heavy (non-hydrogen) atoms. The molecule has 0 radical (unpaired) electrons. The Kier molecular flexibility index (Phi) is 5.62. The van der Waals surface area contributed by atoms with Gasteiger partial charge in [0.2, 0.25) is 0 Å². The predicted molar refractivity (Wildman–Crippen MR) is 115 cm³/mol. The van der Waals surface area contributed by atoms with Gasteiger partial charge in [-0.3, -0.25) is 4.79 Å². The minimum absolute atomic E-state index is 0.0249. The number of hydrogen-bond acceptors (Lipinski definition) is 3. The Hall–Kier alpha value is -3.08. The van der Waals surface area contributed by atoms with Crippen molar-refractivity contribution in [3.63, 3.8) is 0 Å². The molecule has 0 unspecified atom stereocenters. The third kappa shape index (κ3) is 3.60. The molecule has 0 bridgehead atoms. The standard InChI is InChI=1S/C25H27NO4/c1-2-3-12-25(23(27)28)13-15-26(16-14-25)24(29)30-17-22-20-10-6-4-8-18(20)19-9-5-7-11-21(19)22/h2,4-11,22H,1,3,12-17H2,(H,27,28). The molecule has 1 N–H and O–H groups in total. The molecule has 0 aromatic heterocycles. The van der Waals surface area contributed by atoms with Gasteiger partial charge >= 0.3 is 12.1 Å². The van der Waals surface area contributed by atoms with Crippen molar-refractivity contribution < 1.29 is 19.4 Å². The number of ether oxygens (including phenoxy) is 1. The normalized spacial score (nSPS) is 17.1. The Morgan fingerprint density at radius 1 is 1.07 bits per heavy atom. The molecule has 1 amide bonds. The first-order chi connectivity index (χ1) is 14.6. The van der Waals surface area contributed by atoms with Gasteiger partial charge in [-0.1, -0.05) is 54.6 Å². The van der Waals surface area contributed by atoms with Crippen LogP contribution in [0.25, 0.3) is 11.1 Å². The Labute approximate surface area is 177 Å². The number of allylic oxidation sites excluding steroid dienone is 1. The van der Waals surface area contributed by atoms with Gasteiger partial charge in [-0.2, -0.15) is 0 Å². The summed E-state index contributed by atoms with van der Waals surface area (Å²) >= 11 is 0. The minimum Gasteiger partial charge on any atom is -0.481 e. The van der Waals surface area contributed by atoms with E-state index in [1.54, 1.807) is 11.0 Å². The summed E-state index contributed by atoms with van der Waals surface area (Å²) in [7, 11) is 0. The van der Waals surface area contributed by atoms with Gasteiger partial charge in [0.1, 0.15) is 6.61 Å². The highest BCUT2D eigenvalue weighted by molar-refractivity contribution is 5.79. The Bertz CT molecular complexity index is 914. The van der Waals surface area contributed by atoms with E-state index in [1.807, 2.05) is 24.3 Å². The summed E-state index contributed by atoms with van der Waals surface area (Å²) < 4.78 is 5.71. The fourth-order valence-electron chi connectivity index (χ4n) is 4.75. The molecule has 0 spiro atoms. The van der Waals surface area contributed by atoms with Crippen molar-refractivity contribution in [3.05, 3.63) is 72.3 Å². The van der Waals surface area contributed by atoms with Crippen LogP contribution in [0, 0.1) is 5.41 Å². The molecule has 2 aromatic carbocycles. The molecule has 1 heterocycles. The zero-order valence-electron chi connectivity index (χ0n) is 17.0. The second kappa shape index (κ2) is 8.34. The summed E-state index contributed by atoms with van der Waals surface area (Å²) in [4.78, 5) is 26.2. The number of carbonyl (C=O) groups excluding carboxylic acids is 1. The number of piperidine rings is 1. The molecule has 5 nitrogen and oxygen atoms in total. The van der Waals surface area contributed by atoms with Crippen molar-refractivity contribution in [2.24, 2.45) is 5.41 Å². The van der Waals surface area contributed by atoms with Crippen molar-refractivity contribution in [1.82, 2.24) is 4.90 Å². The van der Waals surface area contributed by atoms with E-state index in [0.717, 1.165) is 0 Å². The minimum atomic E-state index is -0.781. The summed E-state index contributed by atoms with van der Waals surface area (Å²) in [6, 6.07) is 16.5. The van der Waals surface area contributed by atoms with E-state index in [-0.39, 0.29) is 18.6 Å². The summed E-state index contributed by atoms with van der Waals surface area (Å²) in [6.07, 6.45) is 3.50. The van der Waals surface area contributed by atoms with Crippen LogP contribution in [0.5, 0.6) is 0 Å². The lowest BCUT2D eigenvalue weighted by Crippen LogP contribution is -2.46. The molecule has 1 fully saturated rings. The second-order valence-corrected chi connectivity index (χ2v) is 8.20. The highest BCUT2D eigenvalue weighted by Crippen LogP contribution is 2.44. The quantitative estimate of drug-likeness (QED) is 0.682. The van der Waals surface area contributed by atoms with Gasteiger partial charge in [0.05, 0.1) is 5.41 Å². The number of aliphatic carboxylic acids is 1. The monoisotopic (exact) mass is 405 g/mol. The molecular weight excluding hydrogens is 378 g/mol. The molecule has 2 aromatic rings. The van der Waals surface area contributed by atoms with E-state index in [9.17, 15) is 14.7 Å². The number of nitrogens with zero attached hydrogens (tertiary/aromatic N) is 1. The average molecular weight is 405 g/mol. The fourth-order valence-corrected chi connectivity index (χ4v) is 4.75. The molecule has 2 aliphatic rings. The lowest BCUT2D eigenvalue weighted by atomic mass is 9.75. The molecular formula is C25H27NO4. The number of carbonyl (C=O) groups is 2. The van der Waals surface area contributed by atoms with Gasteiger partial charge in [-0.15, -0.1) is 6.58 Å². The highest BCUT2D eigenvalue weighted by atomic mass is 16.6. The van der Waals surface area contributed by atoms with Gasteiger partial charge in [-0.05, 0) is 47.9 Å². The smallest absolute Gasteiger partial charge is 0.409 e. The number of hydrogen-bond donors (Lipinski definition) is 1. The van der Waals surface area contributed by atoms with Crippen molar-refractivity contribution in [2.75, 3.05) is 19.7 Å². The molecule has 4 rings (SSSR count). The van der Waals surface area contributed by atoms with Crippen molar-refractivity contribution >= 4 is 12.1 Å². The number of carboxylic acids is 1. The number of likely N-dealkylation sites (tertiary alicyclic amines) is 1. The second-order valence-electron chi connectivity index (χ2n) is 8.20. The van der Waals surface area contributed by atoms with Crippen LogP contribution in [0.15, 0.2) is 61.2 Å². The van der Waals surface area contributed by atoms with Crippen molar-refractivity contribution in [3.8, 4) is 11.1 Å². The van der Waals surface area contributed by atoms with Crippen molar-refractivity contribution in [2.45, 2.75) is 31.6 Å². The molecule has 5 heteroatoms.